The molecule has 0 saturated heterocycles. The summed E-state index contributed by atoms with van der Waals surface area (Å²) in [4.78, 5) is 7.67. The topological polar surface area (TPSA) is 46.3 Å². The summed E-state index contributed by atoms with van der Waals surface area (Å²) in [6.45, 7) is 2.50. The Morgan fingerprint density at radius 3 is 2.41 bits per heavy atom. The van der Waals surface area contributed by atoms with Crippen LogP contribution in [-0.2, 0) is 0 Å². The van der Waals surface area contributed by atoms with E-state index in [2.05, 4.69) is 108 Å². The number of likely N-dealkylation sites (N-methyl/N-ethyl adjacent to an activating group) is 1. The lowest BCUT2D eigenvalue weighted by Gasteiger charge is -2.21. The van der Waals surface area contributed by atoms with Crippen molar-refractivity contribution in [1.82, 2.24) is 20.5 Å². The van der Waals surface area contributed by atoms with Crippen LogP contribution in [0.1, 0.15) is 17.0 Å². The van der Waals surface area contributed by atoms with Crippen molar-refractivity contribution in [3.8, 4) is 0 Å². The van der Waals surface area contributed by atoms with Gasteiger partial charge in [-0.05, 0) is 55.6 Å². The van der Waals surface area contributed by atoms with Gasteiger partial charge in [0.05, 0.1) is 0 Å². The maximum absolute atomic E-state index is 5.50. The average molecular weight is 410 g/mol. The lowest BCUT2D eigenvalue weighted by molar-refractivity contribution is 0.412. The van der Waals surface area contributed by atoms with Gasteiger partial charge < -0.3 is 25.4 Å². The molecular formula is C23H31N5S. The van der Waals surface area contributed by atoms with Crippen LogP contribution in [0.3, 0.4) is 0 Å². The number of hydrogen-bond donors (Lipinski definition) is 3. The standard InChI is InChI=1S/C23H31N5S/c1-27(2)14-13-24-23(29)26-15-20(17-9-11-18(12-10-17)28(3)4)21-16-25-22-8-6-5-7-19(21)22/h5-12,16,20,25H,13-15H2,1-4H3,(H2,24,26,29)/t20-/m1/s1. The van der Waals surface area contributed by atoms with Crippen LogP contribution in [0.25, 0.3) is 10.9 Å². The van der Waals surface area contributed by atoms with Gasteiger partial charge in [-0.1, -0.05) is 30.3 Å². The Bertz CT molecular complexity index is 930. The largest absolute Gasteiger partial charge is 0.378 e. The molecule has 3 aromatic rings. The third-order valence-electron chi connectivity index (χ3n) is 5.12. The van der Waals surface area contributed by atoms with Gasteiger partial charge in [-0.15, -0.1) is 0 Å². The van der Waals surface area contributed by atoms with Gasteiger partial charge in [0.15, 0.2) is 5.11 Å². The van der Waals surface area contributed by atoms with E-state index in [1.807, 2.05) is 0 Å². The van der Waals surface area contributed by atoms with Crippen molar-refractivity contribution in [2.75, 3.05) is 52.7 Å². The molecular weight excluding hydrogens is 378 g/mol. The zero-order valence-corrected chi connectivity index (χ0v) is 18.5. The monoisotopic (exact) mass is 409 g/mol. The van der Waals surface area contributed by atoms with Gasteiger partial charge in [0.2, 0.25) is 0 Å². The molecule has 5 nitrogen and oxygen atoms in total. The highest BCUT2D eigenvalue weighted by Crippen LogP contribution is 2.31. The fourth-order valence-electron chi connectivity index (χ4n) is 3.44. The van der Waals surface area contributed by atoms with Crippen LogP contribution in [0.5, 0.6) is 0 Å². The predicted molar refractivity (Wildman–Crippen MR) is 128 cm³/mol. The molecule has 0 fully saturated rings. The second kappa shape index (κ2) is 9.76. The Balaban J connectivity index is 1.81. The summed E-state index contributed by atoms with van der Waals surface area (Å²) in [6, 6.07) is 17.2. The first kappa shape index (κ1) is 21.1. The number of hydrogen-bond acceptors (Lipinski definition) is 3. The predicted octanol–water partition coefficient (Wildman–Crippen LogP) is 3.39. The van der Waals surface area contributed by atoms with E-state index in [1.165, 1.54) is 22.2 Å². The Morgan fingerprint density at radius 2 is 1.72 bits per heavy atom. The first-order valence-corrected chi connectivity index (χ1v) is 10.4. The van der Waals surface area contributed by atoms with E-state index in [9.17, 15) is 0 Å². The number of para-hydroxylation sites is 1. The SMILES string of the molecule is CN(C)CCNC(=S)NC[C@H](c1ccc(N(C)C)cc1)c1c[nH]c2ccccc12. The zero-order chi connectivity index (χ0) is 20.8. The van der Waals surface area contributed by atoms with Crippen molar-refractivity contribution in [1.29, 1.82) is 0 Å². The van der Waals surface area contributed by atoms with E-state index in [0.717, 1.165) is 25.2 Å². The molecule has 0 aliphatic heterocycles. The van der Waals surface area contributed by atoms with Gasteiger partial charge in [0.1, 0.15) is 0 Å². The Morgan fingerprint density at radius 1 is 1.00 bits per heavy atom. The summed E-state index contributed by atoms with van der Waals surface area (Å²) >= 11 is 5.50. The van der Waals surface area contributed by atoms with Crippen molar-refractivity contribution < 1.29 is 0 Å². The highest BCUT2D eigenvalue weighted by atomic mass is 32.1. The molecule has 29 heavy (non-hydrogen) atoms. The minimum Gasteiger partial charge on any atom is -0.378 e. The molecule has 0 bridgehead atoms. The maximum Gasteiger partial charge on any atom is 0.166 e. The number of aromatic nitrogens is 1. The van der Waals surface area contributed by atoms with Crippen LogP contribution >= 0.6 is 12.2 Å². The number of nitrogens with zero attached hydrogens (tertiary/aromatic N) is 2. The minimum absolute atomic E-state index is 0.191. The number of anilines is 1. The van der Waals surface area contributed by atoms with E-state index in [-0.39, 0.29) is 5.92 Å². The summed E-state index contributed by atoms with van der Waals surface area (Å²) in [7, 11) is 8.24. The lowest BCUT2D eigenvalue weighted by Crippen LogP contribution is -2.40. The Hall–Kier alpha value is -2.57. The fourth-order valence-corrected chi connectivity index (χ4v) is 3.63. The third kappa shape index (κ3) is 5.49. The molecule has 0 amide bonds. The number of nitrogens with one attached hydrogen (secondary N) is 3. The second-order valence-corrected chi connectivity index (χ2v) is 8.18. The molecule has 1 heterocycles. The van der Waals surface area contributed by atoms with Crippen molar-refractivity contribution >= 4 is 33.9 Å². The van der Waals surface area contributed by atoms with Gasteiger partial charge in [0.25, 0.3) is 0 Å². The second-order valence-electron chi connectivity index (χ2n) is 7.77. The molecule has 6 heteroatoms. The van der Waals surface area contributed by atoms with Gasteiger partial charge in [-0.3, -0.25) is 0 Å². The number of aromatic amines is 1. The van der Waals surface area contributed by atoms with E-state index in [1.54, 1.807) is 0 Å². The number of thiocarbonyl (C=S) groups is 1. The third-order valence-corrected chi connectivity index (χ3v) is 5.41. The molecule has 0 radical (unpaired) electrons. The molecule has 1 atom stereocenters. The van der Waals surface area contributed by atoms with E-state index in [0.29, 0.717) is 5.11 Å². The van der Waals surface area contributed by atoms with Crippen molar-refractivity contribution in [3.63, 3.8) is 0 Å². The summed E-state index contributed by atoms with van der Waals surface area (Å²) in [5, 5.41) is 8.66. The number of rotatable bonds is 8. The number of H-pyrrole nitrogens is 1. The molecule has 3 N–H and O–H groups in total. The quantitative estimate of drug-likeness (QED) is 0.498. The molecule has 0 aliphatic carbocycles. The minimum atomic E-state index is 0.191. The Kier molecular flexibility index (Phi) is 7.12. The van der Waals surface area contributed by atoms with Gasteiger partial charge >= 0.3 is 0 Å². The highest BCUT2D eigenvalue weighted by molar-refractivity contribution is 7.80. The first-order valence-electron chi connectivity index (χ1n) is 9.95. The van der Waals surface area contributed by atoms with Gasteiger partial charge in [0, 0.05) is 62.4 Å². The molecule has 0 saturated carbocycles. The molecule has 1 aromatic heterocycles. The summed E-state index contributed by atoms with van der Waals surface area (Å²) < 4.78 is 0. The molecule has 0 spiro atoms. The molecule has 0 unspecified atom stereocenters. The highest BCUT2D eigenvalue weighted by Gasteiger charge is 2.18. The zero-order valence-electron chi connectivity index (χ0n) is 17.7. The number of benzene rings is 2. The molecule has 3 rings (SSSR count). The normalized spacial score (nSPS) is 12.2. The maximum atomic E-state index is 5.50. The summed E-state index contributed by atoms with van der Waals surface area (Å²) in [5.41, 5.74) is 4.90. The van der Waals surface area contributed by atoms with E-state index < -0.39 is 0 Å². The smallest absolute Gasteiger partial charge is 0.166 e. The Labute approximate surface area is 179 Å². The van der Waals surface area contributed by atoms with Crippen LogP contribution in [0.4, 0.5) is 5.69 Å². The summed E-state index contributed by atoms with van der Waals surface area (Å²) in [6.07, 6.45) is 2.12. The van der Waals surface area contributed by atoms with Crippen molar-refractivity contribution in [3.05, 3.63) is 65.9 Å². The molecule has 2 aromatic carbocycles. The molecule has 154 valence electrons. The average Bonchev–Trinajstić information content (AvgIpc) is 3.12. The van der Waals surface area contributed by atoms with Gasteiger partial charge in [-0.2, -0.15) is 0 Å². The van der Waals surface area contributed by atoms with Crippen LogP contribution < -0.4 is 15.5 Å². The van der Waals surface area contributed by atoms with Gasteiger partial charge in [-0.25, -0.2) is 0 Å². The van der Waals surface area contributed by atoms with E-state index in [4.69, 9.17) is 12.2 Å². The summed E-state index contributed by atoms with van der Waals surface area (Å²) in [5.74, 6) is 0.191. The number of fused-ring (bicyclic) bond motifs is 1. The first-order chi connectivity index (χ1) is 14.0. The van der Waals surface area contributed by atoms with Crippen LogP contribution in [0, 0.1) is 0 Å². The molecule has 0 aliphatic rings. The lowest BCUT2D eigenvalue weighted by atomic mass is 9.90. The van der Waals surface area contributed by atoms with Crippen LogP contribution in [0.15, 0.2) is 54.7 Å². The van der Waals surface area contributed by atoms with E-state index >= 15 is 0 Å². The van der Waals surface area contributed by atoms with Crippen LogP contribution in [0.2, 0.25) is 0 Å². The van der Waals surface area contributed by atoms with Crippen molar-refractivity contribution in [2.24, 2.45) is 0 Å². The van der Waals surface area contributed by atoms with Crippen molar-refractivity contribution in [2.45, 2.75) is 5.92 Å². The van der Waals surface area contributed by atoms with Crippen LogP contribution in [-0.4, -0.2) is 62.8 Å². The fraction of sp³-hybridized carbons (Fsp3) is 0.348.